The van der Waals surface area contributed by atoms with Crippen molar-refractivity contribution < 1.29 is 8.78 Å². The van der Waals surface area contributed by atoms with Crippen LogP contribution in [-0.2, 0) is 0 Å². The molecule has 0 unspecified atom stereocenters. The van der Waals surface area contributed by atoms with Gasteiger partial charge in [-0.05, 0) is 73.1 Å². The summed E-state index contributed by atoms with van der Waals surface area (Å²) in [4.78, 5) is 0. The Morgan fingerprint density at radius 2 is 1.59 bits per heavy atom. The van der Waals surface area contributed by atoms with E-state index in [1.165, 1.54) is 50.7 Å². The van der Waals surface area contributed by atoms with Crippen LogP contribution in [0, 0.1) is 29.4 Å². The lowest BCUT2D eigenvalue weighted by Gasteiger charge is -2.35. The molecule has 2 heteroatoms. The molecule has 1 aromatic carbocycles. The Bertz CT molecular complexity index is 518. The first-order chi connectivity index (χ1) is 10.7. The highest BCUT2D eigenvalue weighted by atomic mass is 19.1. The van der Waals surface area contributed by atoms with Gasteiger partial charge in [0.1, 0.15) is 11.6 Å². The van der Waals surface area contributed by atoms with Crippen molar-refractivity contribution in [2.24, 2.45) is 17.8 Å². The second kappa shape index (κ2) is 6.93. The van der Waals surface area contributed by atoms with E-state index in [1.807, 2.05) is 0 Å². The fraction of sp³-hybridized carbons (Fsp3) is 0.600. The third-order valence-electron chi connectivity index (χ3n) is 5.82. The van der Waals surface area contributed by atoms with Gasteiger partial charge in [0.05, 0.1) is 0 Å². The maximum absolute atomic E-state index is 13.4. The van der Waals surface area contributed by atoms with Gasteiger partial charge in [0.2, 0.25) is 0 Å². The van der Waals surface area contributed by atoms with Crippen LogP contribution in [0.15, 0.2) is 24.3 Å². The SMILES string of the molecule is CCC1CCC([C@@H]2CC=C(c3cc(F)cc(F)c3)CC2)CC1. The van der Waals surface area contributed by atoms with Crippen LogP contribution in [0.5, 0.6) is 0 Å². The van der Waals surface area contributed by atoms with Gasteiger partial charge in [0, 0.05) is 6.07 Å². The van der Waals surface area contributed by atoms with Crippen LogP contribution in [0.2, 0.25) is 0 Å². The van der Waals surface area contributed by atoms with Gasteiger partial charge in [-0.25, -0.2) is 8.78 Å². The number of halogens is 2. The lowest BCUT2D eigenvalue weighted by Crippen LogP contribution is -2.23. The van der Waals surface area contributed by atoms with Crippen LogP contribution < -0.4 is 0 Å². The molecule has 3 rings (SSSR count). The number of hydrogen-bond acceptors (Lipinski definition) is 0. The quantitative estimate of drug-likeness (QED) is 0.609. The van der Waals surface area contributed by atoms with Gasteiger partial charge < -0.3 is 0 Å². The number of allylic oxidation sites excluding steroid dienone is 2. The van der Waals surface area contributed by atoms with E-state index in [0.717, 1.165) is 47.8 Å². The summed E-state index contributed by atoms with van der Waals surface area (Å²) in [5.41, 5.74) is 1.85. The van der Waals surface area contributed by atoms with E-state index in [-0.39, 0.29) is 0 Å². The van der Waals surface area contributed by atoms with Crippen molar-refractivity contribution in [3.05, 3.63) is 41.5 Å². The van der Waals surface area contributed by atoms with Gasteiger partial charge in [-0.15, -0.1) is 0 Å². The van der Waals surface area contributed by atoms with Crippen LogP contribution in [0.1, 0.15) is 63.9 Å². The third-order valence-corrected chi connectivity index (χ3v) is 5.82. The zero-order valence-electron chi connectivity index (χ0n) is 13.5. The lowest BCUT2D eigenvalue weighted by atomic mass is 9.70. The van der Waals surface area contributed by atoms with E-state index < -0.39 is 11.6 Å². The van der Waals surface area contributed by atoms with Crippen LogP contribution in [0.3, 0.4) is 0 Å². The molecule has 0 saturated heterocycles. The summed E-state index contributed by atoms with van der Waals surface area (Å²) < 4.78 is 26.7. The molecular formula is C20H26F2. The van der Waals surface area contributed by atoms with Gasteiger partial charge in [-0.3, -0.25) is 0 Å². The largest absolute Gasteiger partial charge is 0.207 e. The minimum atomic E-state index is -0.476. The number of hydrogen-bond donors (Lipinski definition) is 0. The van der Waals surface area contributed by atoms with Crippen molar-refractivity contribution in [1.82, 2.24) is 0 Å². The maximum atomic E-state index is 13.4. The molecule has 1 atom stereocenters. The van der Waals surface area contributed by atoms with Gasteiger partial charge in [-0.2, -0.15) is 0 Å². The summed E-state index contributed by atoms with van der Waals surface area (Å²) in [6.45, 7) is 2.30. The van der Waals surface area contributed by atoms with Crippen molar-refractivity contribution in [3.63, 3.8) is 0 Å². The molecule has 1 saturated carbocycles. The van der Waals surface area contributed by atoms with Crippen LogP contribution in [-0.4, -0.2) is 0 Å². The van der Waals surface area contributed by atoms with Gasteiger partial charge in [-0.1, -0.05) is 32.3 Å². The Kier molecular flexibility index (Phi) is 4.95. The summed E-state index contributed by atoms with van der Waals surface area (Å²) in [6, 6.07) is 3.87. The number of benzene rings is 1. The number of rotatable bonds is 3. The Labute approximate surface area is 132 Å². The normalized spacial score (nSPS) is 29.2. The summed E-state index contributed by atoms with van der Waals surface area (Å²) in [5.74, 6) is 1.64. The fourth-order valence-electron chi connectivity index (χ4n) is 4.35. The van der Waals surface area contributed by atoms with E-state index in [2.05, 4.69) is 13.0 Å². The average molecular weight is 304 g/mol. The van der Waals surface area contributed by atoms with Gasteiger partial charge in [0.25, 0.3) is 0 Å². The molecule has 1 aromatic rings. The van der Waals surface area contributed by atoms with Gasteiger partial charge >= 0.3 is 0 Å². The van der Waals surface area contributed by atoms with E-state index >= 15 is 0 Å². The van der Waals surface area contributed by atoms with Gasteiger partial charge in [0.15, 0.2) is 0 Å². The molecule has 0 amide bonds. The van der Waals surface area contributed by atoms with Crippen molar-refractivity contribution in [2.45, 2.75) is 58.3 Å². The molecule has 0 bridgehead atoms. The highest BCUT2D eigenvalue weighted by Crippen LogP contribution is 2.41. The second-order valence-electron chi connectivity index (χ2n) is 7.11. The Morgan fingerprint density at radius 1 is 0.909 bits per heavy atom. The van der Waals surface area contributed by atoms with Crippen molar-refractivity contribution >= 4 is 5.57 Å². The maximum Gasteiger partial charge on any atom is 0.126 e. The van der Waals surface area contributed by atoms with E-state index in [9.17, 15) is 8.78 Å². The zero-order valence-corrected chi connectivity index (χ0v) is 13.5. The summed E-state index contributed by atoms with van der Waals surface area (Å²) >= 11 is 0. The Morgan fingerprint density at radius 3 is 2.14 bits per heavy atom. The van der Waals surface area contributed by atoms with Crippen LogP contribution >= 0.6 is 0 Å². The van der Waals surface area contributed by atoms with Crippen molar-refractivity contribution in [2.75, 3.05) is 0 Å². The van der Waals surface area contributed by atoms with Crippen molar-refractivity contribution in [3.8, 4) is 0 Å². The van der Waals surface area contributed by atoms with E-state index in [1.54, 1.807) is 0 Å². The molecule has 2 aliphatic rings. The zero-order chi connectivity index (χ0) is 15.5. The minimum absolute atomic E-state index is 0.476. The minimum Gasteiger partial charge on any atom is -0.207 e. The molecule has 120 valence electrons. The second-order valence-corrected chi connectivity index (χ2v) is 7.11. The van der Waals surface area contributed by atoms with Crippen LogP contribution in [0.25, 0.3) is 5.57 Å². The Balaban J connectivity index is 1.62. The standard InChI is InChI=1S/C20H26F2/c1-2-14-3-5-15(6-4-14)16-7-9-17(10-8-16)18-11-19(21)13-20(22)12-18/h9,11-16H,2-8,10H2,1H3/t14?,15?,16-/m1/s1. The monoisotopic (exact) mass is 304 g/mol. The molecule has 0 aromatic heterocycles. The predicted octanol–water partition coefficient (Wildman–Crippen LogP) is 6.36. The smallest absolute Gasteiger partial charge is 0.126 e. The summed E-state index contributed by atoms with van der Waals surface area (Å²) in [5, 5.41) is 0. The Hall–Kier alpha value is -1.18. The molecule has 0 spiro atoms. The molecule has 0 N–H and O–H groups in total. The molecular weight excluding hydrogens is 278 g/mol. The predicted molar refractivity (Wildman–Crippen MR) is 87.4 cm³/mol. The van der Waals surface area contributed by atoms with Crippen molar-refractivity contribution in [1.29, 1.82) is 0 Å². The molecule has 22 heavy (non-hydrogen) atoms. The fourth-order valence-corrected chi connectivity index (χ4v) is 4.35. The van der Waals surface area contributed by atoms with E-state index in [4.69, 9.17) is 0 Å². The summed E-state index contributed by atoms with van der Waals surface area (Å²) in [6.07, 6.45) is 12.3. The molecule has 0 heterocycles. The van der Waals surface area contributed by atoms with Crippen LogP contribution in [0.4, 0.5) is 8.78 Å². The first-order valence-electron chi connectivity index (χ1n) is 8.81. The highest BCUT2D eigenvalue weighted by molar-refractivity contribution is 5.66. The first kappa shape index (κ1) is 15.7. The third kappa shape index (κ3) is 3.59. The average Bonchev–Trinajstić information content (AvgIpc) is 2.54. The lowest BCUT2D eigenvalue weighted by molar-refractivity contribution is 0.192. The molecule has 0 nitrogen and oxygen atoms in total. The highest BCUT2D eigenvalue weighted by Gasteiger charge is 2.28. The van der Waals surface area contributed by atoms with E-state index in [0.29, 0.717) is 0 Å². The molecule has 2 aliphatic carbocycles. The molecule has 0 aliphatic heterocycles. The first-order valence-corrected chi connectivity index (χ1v) is 8.81. The topological polar surface area (TPSA) is 0 Å². The summed E-state index contributed by atoms with van der Waals surface area (Å²) in [7, 11) is 0. The molecule has 0 radical (unpaired) electrons. The molecule has 1 fully saturated rings.